The summed E-state index contributed by atoms with van der Waals surface area (Å²) in [5.41, 5.74) is 3.06. The SMILES string of the molecule is Cc1c[se]c2c(C)c(Br)[se]c12. The molecule has 58 valence electrons. The zero-order chi connectivity index (χ0) is 8.01. The second-order valence-corrected chi connectivity index (χ2v) is 8.54. The van der Waals surface area contributed by atoms with Crippen molar-refractivity contribution >= 4 is 53.5 Å². The van der Waals surface area contributed by atoms with Crippen molar-refractivity contribution in [2.45, 2.75) is 13.8 Å². The molecular weight excluding hydrogens is 334 g/mol. The first-order chi connectivity index (χ1) is 5.20. The van der Waals surface area contributed by atoms with Crippen molar-refractivity contribution in [3.05, 3.63) is 19.4 Å². The van der Waals surface area contributed by atoms with E-state index in [0.717, 1.165) is 0 Å². The summed E-state index contributed by atoms with van der Waals surface area (Å²) in [6.45, 7) is 4.48. The van der Waals surface area contributed by atoms with Crippen LogP contribution in [0.15, 0.2) is 8.29 Å². The summed E-state index contributed by atoms with van der Waals surface area (Å²) in [6.07, 6.45) is 0. The molecule has 0 saturated heterocycles. The van der Waals surface area contributed by atoms with Crippen molar-refractivity contribution in [2.24, 2.45) is 0 Å². The van der Waals surface area contributed by atoms with Crippen LogP contribution >= 0.6 is 15.9 Å². The molecule has 0 aliphatic heterocycles. The van der Waals surface area contributed by atoms with E-state index in [2.05, 4.69) is 34.7 Å². The number of halogens is 1. The Hall–Kier alpha value is 0.739. The number of fused-ring (bicyclic) bond motifs is 1. The van der Waals surface area contributed by atoms with Crippen molar-refractivity contribution in [1.29, 1.82) is 0 Å². The fourth-order valence-electron chi connectivity index (χ4n) is 1.07. The molecule has 2 heterocycles. The third-order valence-electron chi connectivity index (χ3n) is 1.75. The van der Waals surface area contributed by atoms with E-state index in [1.54, 1.807) is 8.52 Å². The van der Waals surface area contributed by atoms with E-state index in [9.17, 15) is 0 Å². The maximum atomic E-state index is 3.64. The third kappa shape index (κ3) is 1.24. The van der Waals surface area contributed by atoms with Gasteiger partial charge in [0.15, 0.2) is 0 Å². The molecule has 0 aliphatic carbocycles. The van der Waals surface area contributed by atoms with E-state index in [-0.39, 0.29) is 0 Å². The molecule has 0 fully saturated rings. The summed E-state index contributed by atoms with van der Waals surface area (Å²) in [5.74, 6) is 0. The Morgan fingerprint density at radius 1 is 1.27 bits per heavy atom. The van der Waals surface area contributed by atoms with Crippen LogP contribution in [-0.2, 0) is 0 Å². The van der Waals surface area contributed by atoms with Gasteiger partial charge in [0, 0.05) is 0 Å². The molecule has 0 spiro atoms. The van der Waals surface area contributed by atoms with E-state index in [4.69, 9.17) is 0 Å². The summed E-state index contributed by atoms with van der Waals surface area (Å²) in [6, 6.07) is 0. The van der Waals surface area contributed by atoms with Crippen LogP contribution in [0.25, 0.3) is 8.52 Å². The Morgan fingerprint density at radius 3 is 2.64 bits per heavy atom. The predicted octanol–water partition coefficient (Wildman–Crippen LogP) is 2.33. The van der Waals surface area contributed by atoms with Crippen LogP contribution in [0.1, 0.15) is 11.1 Å². The molecule has 2 rings (SSSR count). The molecule has 11 heavy (non-hydrogen) atoms. The van der Waals surface area contributed by atoms with Gasteiger partial charge in [-0.1, -0.05) is 0 Å². The van der Waals surface area contributed by atoms with Crippen molar-refractivity contribution in [3.8, 4) is 0 Å². The summed E-state index contributed by atoms with van der Waals surface area (Å²) >= 11 is 4.87. The third-order valence-corrected chi connectivity index (χ3v) is 8.94. The molecule has 0 bridgehead atoms. The summed E-state index contributed by atoms with van der Waals surface area (Å²) in [4.78, 5) is 2.41. The maximum absolute atomic E-state index is 3.64. The Labute approximate surface area is 86.2 Å². The molecule has 0 unspecified atom stereocenters. The van der Waals surface area contributed by atoms with Crippen LogP contribution < -0.4 is 0 Å². The van der Waals surface area contributed by atoms with Gasteiger partial charge in [-0.3, -0.25) is 0 Å². The fraction of sp³-hybridized carbons (Fsp3) is 0.250. The van der Waals surface area contributed by atoms with Gasteiger partial charge in [0.05, 0.1) is 0 Å². The van der Waals surface area contributed by atoms with Gasteiger partial charge >= 0.3 is 86.7 Å². The number of aryl methyl sites for hydroxylation is 2. The average molecular weight is 341 g/mol. The van der Waals surface area contributed by atoms with Crippen LogP contribution in [-0.4, -0.2) is 29.0 Å². The van der Waals surface area contributed by atoms with E-state index in [1.807, 2.05) is 0 Å². The summed E-state index contributed by atoms with van der Waals surface area (Å²) < 4.78 is 4.77. The number of hydrogen-bond acceptors (Lipinski definition) is 0. The normalized spacial score (nSPS) is 11.2. The molecule has 2 aromatic heterocycles. The first kappa shape index (κ1) is 8.34. The fourth-order valence-corrected chi connectivity index (χ4v) is 7.99. The second kappa shape index (κ2) is 2.90. The van der Waals surface area contributed by atoms with Crippen LogP contribution in [0, 0.1) is 13.8 Å². The first-order valence-corrected chi connectivity index (χ1v) is 7.68. The topological polar surface area (TPSA) is 0 Å². The standard InChI is InChI=1S/C8H7BrSe2/c1-4-3-10-7-5(2)8(9)11-6(4)7/h3H,1-2H3. The minimum atomic E-state index is 0.595. The molecule has 0 saturated carbocycles. The van der Waals surface area contributed by atoms with Gasteiger partial charge in [-0.25, -0.2) is 0 Å². The van der Waals surface area contributed by atoms with Crippen LogP contribution in [0.3, 0.4) is 0 Å². The van der Waals surface area contributed by atoms with Gasteiger partial charge in [-0.15, -0.1) is 0 Å². The van der Waals surface area contributed by atoms with Crippen molar-refractivity contribution in [2.75, 3.05) is 0 Å². The molecular formula is C8H7BrSe2. The molecule has 0 aromatic carbocycles. The van der Waals surface area contributed by atoms with Crippen LogP contribution in [0.4, 0.5) is 0 Å². The van der Waals surface area contributed by atoms with Gasteiger partial charge < -0.3 is 0 Å². The Bertz CT molecular complexity index is 397. The van der Waals surface area contributed by atoms with Gasteiger partial charge in [0.1, 0.15) is 0 Å². The molecule has 0 atom stereocenters. The molecule has 0 nitrogen and oxygen atoms in total. The first-order valence-electron chi connectivity index (χ1n) is 3.33. The molecule has 3 heteroatoms. The summed E-state index contributed by atoms with van der Waals surface area (Å²) in [5, 5.41) is 0. The molecule has 0 N–H and O–H groups in total. The van der Waals surface area contributed by atoms with Crippen LogP contribution in [0.5, 0.6) is 0 Å². The molecule has 0 aliphatic rings. The Morgan fingerprint density at radius 2 is 2.00 bits per heavy atom. The van der Waals surface area contributed by atoms with Crippen LogP contribution in [0.2, 0.25) is 0 Å². The monoisotopic (exact) mass is 342 g/mol. The van der Waals surface area contributed by atoms with Gasteiger partial charge in [-0.2, -0.15) is 0 Å². The quantitative estimate of drug-likeness (QED) is 0.646. The van der Waals surface area contributed by atoms with Crippen molar-refractivity contribution < 1.29 is 0 Å². The van der Waals surface area contributed by atoms with Gasteiger partial charge in [0.2, 0.25) is 0 Å². The van der Waals surface area contributed by atoms with Crippen molar-refractivity contribution in [3.63, 3.8) is 0 Å². The average Bonchev–Trinajstić information content (AvgIpc) is 2.43. The van der Waals surface area contributed by atoms with Gasteiger partial charge in [-0.05, 0) is 0 Å². The Kier molecular flexibility index (Phi) is 2.20. The zero-order valence-electron chi connectivity index (χ0n) is 6.27. The second-order valence-electron chi connectivity index (χ2n) is 2.58. The molecule has 0 radical (unpaired) electrons. The van der Waals surface area contributed by atoms with Gasteiger partial charge in [0.25, 0.3) is 0 Å². The van der Waals surface area contributed by atoms with E-state index < -0.39 is 0 Å². The van der Waals surface area contributed by atoms with E-state index >= 15 is 0 Å². The van der Waals surface area contributed by atoms with E-state index in [1.165, 1.54) is 14.5 Å². The number of rotatable bonds is 0. The minimum absolute atomic E-state index is 0.595. The molecule has 2 aromatic rings. The molecule has 0 amide bonds. The predicted molar refractivity (Wildman–Crippen MR) is 55.0 cm³/mol. The van der Waals surface area contributed by atoms with E-state index in [0.29, 0.717) is 29.0 Å². The number of hydrogen-bond donors (Lipinski definition) is 0. The van der Waals surface area contributed by atoms with Crippen molar-refractivity contribution in [1.82, 2.24) is 0 Å². The Balaban J connectivity index is 2.93. The zero-order valence-corrected chi connectivity index (χ0v) is 11.3. The summed E-state index contributed by atoms with van der Waals surface area (Å²) in [7, 11) is 0.